The van der Waals surface area contributed by atoms with Crippen LogP contribution < -0.4 is 15.4 Å². The van der Waals surface area contributed by atoms with Crippen molar-refractivity contribution in [2.45, 2.75) is 26.2 Å². The Bertz CT molecular complexity index is 610. The van der Waals surface area contributed by atoms with Gasteiger partial charge < -0.3 is 20.5 Å². The minimum Gasteiger partial charge on any atom is -0.489 e. The van der Waals surface area contributed by atoms with Crippen LogP contribution in [-0.4, -0.2) is 30.8 Å². The standard InChI is InChI=1S/C19H25ClN2O2.2ClH/c1-15(23)12-21-10-11-22-13-17-4-2-3-5-19(17)24-14-16-6-8-18(20)9-7-16;;/h2-9,15,21-23H,10-14H2,1H3;2*1H. The highest BCUT2D eigenvalue weighted by molar-refractivity contribution is 6.30. The average molecular weight is 422 g/mol. The van der Waals surface area contributed by atoms with Crippen LogP contribution in [0.25, 0.3) is 0 Å². The Labute approximate surface area is 173 Å². The molecule has 0 aliphatic carbocycles. The van der Waals surface area contributed by atoms with E-state index in [0.29, 0.717) is 13.2 Å². The van der Waals surface area contributed by atoms with Gasteiger partial charge in [0.15, 0.2) is 0 Å². The third-order valence-corrected chi connectivity index (χ3v) is 3.77. The van der Waals surface area contributed by atoms with Crippen molar-refractivity contribution >= 4 is 36.4 Å². The highest BCUT2D eigenvalue weighted by atomic mass is 35.5. The summed E-state index contributed by atoms with van der Waals surface area (Å²) in [5.41, 5.74) is 2.21. The maximum Gasteiger partial charge on any atom is 0.124 e. The van der Waals surface area contributed by atoms with E-state index in [4.69, 9.17) is 16.3 Å². The van der Waals surface area contributed by atoms with Crippen LogP contribution in [0, 0.1) is 0 Å². The lowest BCUT2D eigenvalue weighted by molar-refractivity contribution is 0.191. The number of halogens is 3. The van der Waals surface area contributed by atoms with Crippen LogP contribution in [0.2, 0.25) is 5.02 Å². The van der Waals surface area contributed by atoms with E-state index in [1.54, 1.807) is 6.92 Å². The van der Waals surface area contributed by atoms with Crippen LogP contribution in [0.5, 0.6) is 5.75 Å². The van der Waals surface area contributed by atoms with E-state index in [1.165, 1.54) is 0 Å². The zero-order valence-electron chi connectivity index (χ0n) is 14.8. The second-order valence-electron chi connectivity index (χ2n) is 5.75. The molecule has 0 aliphatic heterocycles. The van der Waals surface area contributed by atoms with E-state index in [9.17, 15) is 5.11 Å². The SMILES string of the molecule is CC(O)CNCCNCc1ccccc1OCc1ccc(Cl)cc1.Cl.Cl. The molecule has 2 rings (SSSR count). The first-order valence-electron chi connectivity index (χ1n) is 8.20. The minimum absolute atomic E-state index is 0. The van der Waals surface area contributed by atoms with Gasteiger partial charge in [0, 0.05) is 36.8 Å². The first-order valence-corrected chi connectivity index (χ1v) is 8.57. The molecule has 0 spiro atoms. The molecule has 4 nitrogen and oxygen atoms in total. The van der Waals surface area contributed by atoms with Gasteiger partial charge >= 0.3 is 0 Å². The maximum absolute atomic E-state index is 9.18. The van der Waals surface area contributed by atoms with Crippen molar-refractivity contribution in [3.05, 3.63) is 64.7 Å². The van der Waals surface area contributed by atoms with Gasteiger partial charge in [-0.1, -0.05) is 41.9 Å². The Morgan fingerprint density at radius 1 is 1.00 bits per heavy atom. The van der Waals surface area contributed by atoms with E-state index in [-0.39, 0.29) is 30.9 Å². The van der Waals surface area contributed by atoms with Crippen molar-refractivity contribution < 1.29 is 9.84 Å². The number of hydrogen-bond donors (Lipinski definition) is 3. The number of benzene rings is 2. The molecule has 0 saturated heterocycles. The number of nitrogens with one attached hydrogen (secondary N) is 2. The molecule has 0 bridgehead atoms. The third kappa shape index (κ3) is 9.62. The van der Waals surface area contributed by atoms with Gasteiger partial charge in [-0.05, 0) is 30.7 Å². The van der Waals surface area contributed by atoms with Crippen molar-refractivity contribution in [3.8, 4) is 5.75 Å². The fourth-order valence-corrected chi connectivity index (χ4v) is 2.37. The Kier molecular flexibility index (Phi) is 13.6. The molecule has 146 valence electrons. The van der Waals surface area contributed by atoms with Gasteiger partial charge in [-0.15, -0.1) is 24.8 Å². The summed E-state index contributed by atoms with van der Waals surface area (Å²) in [4.78, 5) is 0. The second-order valence-corrected chi connectivity index (χ2v) is 6.19. The number of ether oxygens (including phenoxy) is 1. The van der Waals surface area contributed by atoms with Crippen molar-refractivity contribution in [2.75, 3.05) is 19.6 Å². The van der Waals surface area contributed by atoms with Gasteiger partial charge in [0.2, 0.25) is 0 Å². The van der Waals surface area contributed by atoms with Gasteiger partial charge in [0.1, 0.15) is 12.4 Å². The summed E-state index contributed by atoms with van der Waals surface area (Å²) in [6, 6.07) is 15.7. The average Bonchev–Trinajstić information content (AvgIpc) is 2.58. The van der Waals surface area contributed by atoms with Crippen molar-refractivity contribution in [1.82, 2.24) is 10.6 Å². The zero-order chi connectivity index (χ0) is 17.2. The summed E-state index contributed by atoms with van der Waals surface area (Å²) in [6.45, 7) is 5.30. The number of para-hydroxylation sites is 1. The van der Waals surface area contributed by atoms with Crippen molar-refractivity contribution in [2.24, 2.45) is 0 Å². The van der Waals surface area contributed by atoms with Crippen LogP contribution >= 0.6 is 36.4 Å². The van der Waals surface area contributed by atoms with E-state index >= 15 is 0 Å². The molecule has 1 atom stereocenters. The smallest absolute Gasteiger partial charge is 0.124 e. The topological polar surface area (TPSA) is 53.5 Å². The molecule has 0 fully saturated rings. The predicted octanol–water partition coefficient (Wildman–Crippen LogP) is 3.82. The summed E-state index contributed by atoms with van der Waals surface area (Å²) < 4.78 is 5.94. The molecule has 0 radical (unpaired) electrons. The Balaban J connectivity index is 0.00000312. The molecule has 0 heterocycles. The molecule has 7 heteroatoms. The Morgan fingerprint density at radius 2 is 1.65 bits per heavy atom. The lowest BCUT2D eigenvalue weighted by Gasteiger charge is -2.13. The van der Waals surface area contributed by atoms with Crippen LogP contribution in [0.15, 0.2) is 48.5 Å². The summed E-state index contributed by atoms with van der Waals surface area (Å²) in [6.07, 6.45) is -0.313. The number of rotatable bonds is 10. The first kappa shape index (κ1) is 25.0. The lowest BCUT2D eigenvalue weighted by atomic mass is 10.2. The lowest BCUT2D eigenvalue weighted by Crippen LogP contribution is -2.31. The van der Waals surface area contributed by atoms with E-state index in [1.807, 2.05) is 42.5 Å². The first-order chi connectivity index (χ1) is 11.6. The molecule has 0 amide bonds. The fraction of sp³-hybridized carbons (Fsp3) is 0.368. The normalized spacial score (nSPS) is 11.2. The Morgan fingerprint density at radius 3 is 2.35 bits per heavy atom. The quantitative estimate of drug-likeness (QED) is 0.510. The van der Waals surface area contributed by atoms with Crippen LogP contribution in [0.1, 0.15) is 18.1 Å². The Hall–Kier alpha value is -1.01. The number of aliphatic hydroxyl groups excluding tert-OH is 1. The summed E-state index contributed by atoms with van der Waals surface area (Å²) in [7, 11) is 0. The fourth-order valence-electron chi connectivity index (χ4n) is 2.24. The van der Waals surface area contributed by atoms with Crippen molar-refractivity contribution in [3.63, 3.8) is 0 Å². The second kappa shape index (κ2) is 14.1. The predicted molar refractivity (Wildman–Crippen MR) is 113 cm³/mol. The van der Waals surface area contributed by atoms with Gasteiger partial charge in [-0.3, -0.25) is 0 Å². The molecule has 3 N–H and O–H groups in total. The number of aliphatic hydroxyl groups is 1. The highest BCUT2D eigenvalue weighted by Gasteiger charge is 2.03. The van der Waals surface area contributed by atoms with Crippen LogP contribution in [0.4, 0.5) is 0 Å². The monoisotopic (exact) mass is 420 g/mol. The van der Waals surface area contributed by atoms with Crippen molar-refractivity contribution in [1.29, 1.82) is 0 Å². The largest absolute Gasteiger partial charge is 0.489 e. The third-order valence-electron chi connectivity index (χ3n) is 3.51. The molecular formula is C19H27Cl3N2O2. The summed E-state index contributed by atoms with van der Waals surface area (Å²) in [5, 5.41) is 16.5. The highest BCUT2D eigenvalue weighted by Crippen LogP contribution is 2.19. The molecule has 0 saturated carbocycles. The van der Waals surface area contributed by atoms with E-state index < -0.39 is 0 Å². The summed E-state index contributed by atoms with van der Waals surface area (Å²) >= 11 is 5.90. The van der Waals surface area contributed by atoms with Gasteiger partial charge in [0.25, 0.3) is 0 Å². The van der Waals surface area contributed by atoms with Crippen LogP contribution in [-0.2, 0) is 13.2 Å². The van der Waals surface area contributed by atoms with Gasteiger partial charge in [-0.25, -0.2) is 0 Å². The molecular weight excluding hydrogens is 395 g/mol. The number of hydrogen-bond acceptors (Lipinski definition) is 4. The van der Waals surface area contributed by atoms with Gasteiger partial charge in [0.05, 0.1) is 6.10 Å². The zero-order valence-corrected chi connectivity index (χ0v) is 17.2. The molecule has 0 aromatic heterocycles. The van der Waals surface area contributed by atoms with Crippen LogP contribution in [0.3, 0.4) is 0 Å². The summed E-state index contributed by atoms with van der Waals surface area (Å²) in [5.74, 6) is 0.886. The van der Waals surface area contributed by atoms with E-state index in [0.717, 1.165) is 41.5 Å². The minimum atomic E-state index is -0.313. The molecule has 2 aromatic carbocycles. The molecule has 1 unspecified atom stereocenters. The maximum atomic E-state index is 9.18. The van der Waals surface area contributed by atoms with E-state index in [2.05, 4.69) is 16.7 Å². The van der Waals surface area contributed by atoms with Gasteiger partial charge in [-0.2, -0.15) is 0 Å². The molecule has 26 heavy (non-hydrogen) atoms. The molecule has 2 aromatic rings. The molecule has 0 aliphatic rings.